The Hall–Kier alpha value is -1.48. The normalized spacial score (nSPS) is 5.43. The number of nitrogens with two attached hydrogens (primary N) is 1. The Bertz CT molecular complexity index is 139. The third-order valence-electron chi connectivity index (χ3n) is 0.368. The van der Waals surface area contributed by atoms with Crippen LogP contribution in [0.2, 0.25) is 0 Å². The number of hydrogen-bond donors (Lipinski definition) is 1. The van der Waals surface area contributed by atoms with Crippen molar-refractivity contribution in [3.8, 4) is 12.1 Å². The van der Waals surface area contributed by atoms with Crippen molar-refractivity contribution in [1.29, 1.82) is 10.5 Å². The zero-order chi connectivity index (χ0) is 5.70. The van der Waals surface area contributed by atoms with E-state index < -0.39 is 0 Å². The summed E-state index contributed by atoms with van der Waals surface area (Å²) in [5.41, 5.74) is 4.48. The number of nitrogens with zero attached hydrogens (tertiary/aromatic N) is 2. The summed E-state index contributed by atoms with van der Waals surface area (Å²) in [6.07, 6.45) is 1.90. The molecule has 0 aromatic rings. The maximum Gasteiger partial charge on any atom is 0.154 e. The van der Waals surface area contributed by atoms with Crippen molar-refractivity contribution in [3.05, 3.63) is 11.8 Å². The molecule has 0 aromatic carbocycles. The number of allylic oxidation sites excluding steroid dienone is 1. The highest BCUT2D eigenvalue weighted by molar-refractivity contribution is 5.31. The Kier molecular flexibility index (Phi) is 2.16. The van der Waals surface area contributed by atoms with Gasteiger partial charge in [-0.25, -0.2) is 0 Å². The van der Waals surface area contributed by atoms with Gasteiger partial charge in [0.05, 0.1) is 6.20 Å². The minimum Gasteiger partial charge on any atom is -0.395 e. The van der Waals surface area contributed by atoms with Gasteiger partial charge in [-0.15, -0.1) is 0 Å². The Morgan fingerprint density at radius 1 is 1.29 bits per heavy atom. The molecular weight excluding hydrogens is 90.1 g/mol. The molecule has 0 spiro atoms. The fourth-order valence-electron chi connectivity index (χ4n) is 0.0895. The summed E-state index contributed by atoms with van der Waals surface area (Å²) in [4.78, 5) is 0. The summed E-state index contributed by atoms with van der Waals surface area (Å²) < 4.78 is 0. The smallest absolute Gasteiger partial charge is 0.154 e. The topological polar surface area (TPSA) is 73.6 Å². The molecule has 0 saturated heterocycles. The predicted molar refractivity (Wildman–Crippen MR) is 22.2 cm³/mol. The lowest BCUT2D eigenvalue weighted by atomic mass is 10.4. The lowest BCUT2D eigenvalue weighted by Gasteiger charge is -1.66. The molecule has 0 heterocycles. The van der Waals surface area contributed by atoms with Gasteiger partial charge in [0.25, 0.3) is 0 Å². The molecule has 3 heteroatoms. The standard InChI is InChI=1S/C4H2N3/c5-1-4(2-6)3-7/h5H2. The van der Waals surface area contributed by atoms with Crippen LogP contribution in [-0.2, 0) is 0 Å². The second-order valence-corrected chi connectivity index (χ2v) is 0.743. The zero-order valence-corrected chi connectivity index (χ0v) is 3.47. The van der Waals surface area contributed by atoms with E-state index in [-0.39, 0.29) is 5.57 Å². The molecule has 0 bridgehead atoms. The lowest BCUT2D eigenvalue weighted by Crippen LogP contribution is -1.82. The van der Waals surface area contributed by atoms with Crippen molar-refractivity contribution in [2.75, 3.05) is 0 Å². The molecule has 2 N–H and O–H groups in total. The Morgan fingerprint density at radius 3 is 1.71 bits per heavy atom. The van der Waals surface area contributed by atoms with Gasteiger partial charge < -0.3 is 5.73 Å². The van der Waals surface area contributed by atoms with Crippen LogP contribution < -0.4 is 5.73 Å². The van der Waals surface area contributed by atoms with Crippen LogP contribution in [0.4, 0.5) is 0 Å². The summed E-state index contributed by atoms with van der Waals surface area (Å²) in [5, 5.41) is 15.7. The van der Waals surface area contributed by atoms with E-state index in [1.54, 1.807) is 0 Å². The van der Waals surface area contributed by atoms with Gasteiger partial charge in [-0.05, 0) is 0 Å². The van der Waals surface area contributed by atoms with Crippen LogP contribution in [0, 0.1) is 28.9 Å². The second-order valence-electron chi connectivity index (χ2n) is 0.743. The molecule has 0 aliphatic carbocycles. The molecule has 0 amide bonds. The fraction of sp³-hybridized carbons (Fsp3) is 0. The first kappa shape index (κ1) is 5.52. The first-order valence-corrected chi connectivity index (χ1v) is 1.49. The van der Waals surface area contributed by atoms with Gasteiger partial charge in [0.15, 0.2) is 5.57 Å². The average molecular weight is 92.1 g/mol. The van der Waals surface area contributed by atoms with Crippen LogP contribution in [-0.4, -0.2) is 0 Å². The van der Waals surface area contributed by atoms with E-state index in [9.17, 15) is 0 Å². The van der Waals surface area contributed by atoms with Gasteiger partial charge in [-0.1, -0.05) is 0 Å². The van der Waals surface area contributed by atoms with Crippen LogP contribution in [0.25, 0.3) is 0 Å². The molecule has 0 saturated carbocycles. The summed E-state index contributed by atoms with van der Waals surface area (Å²) in [6.45, 7) is 0. The van der Waals surface area contributed by atoms with E-state index in [0.29, 0.717) is 0 Å². The van der Waals surface area contributed by atoms with Gasteiger partial charge in [-0.3, -0.25) is 0 Å². The summed E-state index contributed by atoms with van der Waals surface area (Å²) >= 11 is 0. The van der Waals surface area contributed by atoms with Crippen molar-refractivity contribution in [3.63, 3.8) is 0 Å². The van der Waals surface area contributed by atoms with E-state index in [1.165, 1.54) is 12.1 Å². The fourth-order valence-corrected chi connectivity index (χ4v) is 0.0895. The largest absolute Gasteiger partial charge is 0.395 e. The molecule has 0 rings (SSSR count). The molecule has 1 radical (unpaired) electrons. The zero-order valence-electron chi connectivity index (χ0n) is 3.47. The van der Waals surface area contributed by atoms with Crippen molar-refractivity contribution in [2.24, 2.45) is 5.73 Å². The molecule has 0 aliphatic rings. The maximum absolute atomic E-state index is 7.87. The van der Waals surface area contributed by atoms with E-state index in [2.05, 4.69) is 5.73 Å². The first-order valence-electron chi connectivity index (χ1n) is 1.49. The SMILES string of the molecule is N#CC(=[C]N)C#N. The highest BCUT2D eigenvalue weighted by Gasteiger charge is 1.83. The van der Waals surface area contributed by atoms with Crippen LogP contribution >= 0.6 is 0 Å². The molecule has 7 heavy (non-hydrogen) atoms. The van der Waals surface area contributed by atoms with E-state index in [0.717, 1.165) is 0 Å². The van der Waals surface area contributed by atoms with Crippen LogP contribution in [0.3, 0.4) is 0 Å². The average Bonchev–Trinajstić information content (AvgIpc) is 1.72. The van der Waals surface area contributed by atoms with Crippen LogP contribution in [0.5, 0.6) is 0 Å². The Balaban J connectivity index is 4.03. The summed E-state index contributed by atoms with van der Waals surface area (Å²) in [5.74, 6) is 0. The summed E-state index contributed by atoms with van der Waals surface area (Å²) in [7, 11) is 0. The van der Waals surface area contributed by atoms with Crippen LogP contribution in [0.1, 0.15) is 0 Å². The summed E-state index contributed by atoms with van der Waals surface area (Å²) in [6, 6.07) is 3.04. The van der Waals surface area contributed by atoms with Gasteiger partial charge in [-0.2, -0.15) is 10.5 Å². The minimum absolute atomic E-state index is 0.181. The Labute approximate surface area is 41.3 Å². The lowest BCUT2D eigenvalue weighted by molar-refractivity contribution is 1.40. The third-order valence-corrected chi connectivity index (χ3v) is 0.368. The molecule has 0 unspecified atom stereocenters. The van der Waals surface area contributed by atoms with Gasteiger partial charge in [0.2, 0.25) is 0 Å². The highest BCUT2D eigenvalue weighted by Crippen LogP contribution is 1.79. The van der Waals surface area contributed by atoms with Crippen molar-refractivity contribution < 1.29 is 0 Å². The number of hydrogen-bond acceptors (Lipinski definition) is 3. The highest BCUT2D eigenvalue weighted by atomic mass is 14.5. The molecule has 0 aliphatic heterocycles. The molecule has 0 atom stereocenters. The van der Waals surface area contributed by atoms with E-state index >= 15 is 0 Å². The van der Waals surface area contributed by atoms with E-state index in [4.69, 9.17) is 10.5 Å². The van der Waals surface area contributed by atoms with Gasteiger partial charge in [0, 0.05) is 0 Å². The number of rotatable bonds is 0. The maximum atomic E-state index is 7.87. The monoisotopic (exact) mass is 92.0 g/mol. The predicted octanol–water partition coefficient (Wildman–Crippen LogP) is -0.321. The molecule has 33 valence electrons. The molecular formula is C4H2N3. The molecule has 3 nitrogen and oxygen atoms in total. The Morgan fingerprint density at radius 2 is 1.71 bits per heavy atom. The van der Waals surface area contributed by atoms with E-state index in [1.807, 2.05) is 6.20 Å². The third kappa shape index (κ3) is 1.40. The minimum atomic E-state index is -0.181. The molecule has 0 fully saturated rings. The second kappa shape index (κ2) is 2.74. The van der Waals surface area contributed by atoms with Gasteiger partial charge >= 0.3 is 0 Å². The van der Waals surface area contributed by atoms with Crippen LogP contribution in [0.15, 0.2) is 5.57 Å². The quantitative estimate of drug-likeness (QED) is 0.328. The van der Waals surface area contributed by atoms with Crippen molar-refractivity contribution in [2.45, 2.75) is 0 Å². The van der Waals surface area contributed by atoms with Gasteiger partial charge in [0.1, 0.15) is 12.1 Å². The molecule has 0 aromatic heterocycles. The number of nitriles is 2. The van der Waals surface area contributed by atoms with Crippen molar-refractivity contribution in [1.82, 2.24) is 0 Å². The van der Waals surface area contributed by atoms with Crippen molar-refractivity contribution >= 4 is 0 Å². The first-order chi connectivity index (χ1) is 3.35.